The molecule has 0 fully saturated rings. The predicted octanol–water partition coefficient (Wildman–Crippen LogP) is 14.5. The molecule has 272 valence electrons. The van der Waals surface area contributed by atoms with Gasteiger partial charge in [0.1, 0.15) is 16.1 Å². The van der Waals surface area contributed by atoms with E-state index >= 15 is 0 Å². The Balaban J connectivity index is 2.00. The van der Waals surface area contributed by atoms with E-state index in [1.54, 1.807) is 22.7 Å². The summed E-state index contributed by atoms with van der Waals surface area (Å²) < 4.78 is 3.84. The lowest BCUT2D eigenvalue weighted by atomic mass is 9.87. The van der Waals surface area contributed by atoms with Gasteiger partial charge in [0.05, 0.1) is 7.57 Å². The molecule has 2 heterocycles. The first-order valence-corrected chi connectivity index (χ1v) is 26.4. The van der Waals surface area contributed by atoms with E-state index in [9.17, 15) is 9.59 Å². The molecule has 52 heavy (non-hydrogen) atoms. The third-order valence-electron chi connectivity index (χ3n) is 12.6. The number of rotatable bonds is 6. The minimum atomic E-state index is -2.17. The van der Waals surface area contributed by atoms with E-state index in [1.807, 2.05) is 12.1 Å². The highest BCUT2D eigenvalue weighted by molar-refractivity contribution is 9.11. The van der Waals surface area contributed by atoms with Crippen LogP contribution in [-0.4, -0.2) is 16.1 Å². The Morgan fingerprint density at radius 1 is 0.500 bits per heavy atom. The molecule has 0 bridgehead atoms. The molecule has 0 aliphatic rings. The molecule has 0 unspecified atom stereocenters. The maximum Gasteiger partial charge on any atom is 0.195 e. The summed E-state index contributed by atoms with van der Waals surface area (Å²) in [7, 11) is -4.35. The van der Waals surface area contributed by atoms with Crippen LogP contribution in [0.1, 0.15) is 105 Å². The van der Waals surface area contributed by atoms with Crippen molar-refractivity contribution in [2.45, 2.75) is 130 Å². The van der Waals surface area contributed by atoms with Crippen molar-refractivity contribution in [3.63, 3.8) is 0 Å². The SMILES string of the molecule is Cc1c(C#C[Si](C(C)C)(C(C)C)C(C)C)c2c(c(C#C[Si](C(C)C)(C(C)C)C(C)C)c(C)c3c4sc(Br)cc4c(=O)c32)c2c(=O)c3cc(Br)sc3c12. The summed E-state index contributed by atoms with van der Waals surface area (Å²) in [5.41, 5.74) is 14.5. The Bertz CT molecular complexity index is 2430. The van der Waals surface area contributed by atoms with Crippen molar-refractivity contribution in [3.05, 3.63) is 62.4 Å². The third kappa shape index (κ3) is 5.56. The van der Waals surface area contributed by atoms with Crippen molar-refractivity contribution in [2.24, 2.45) is 0 Å². The van der Waals surface area contributed by atoms with Crippen LogP contribution in [0.5, 0.6) is 0 Å². The molecule has 0 N–H and O–H groups in total. The van der Waals surface area contributed by atoms with Gasteiger partial charge in [0.25, 0.3) is 0 Å². The van der Waals surface area contributed by atoms with Gasteiger partial charge in [0.15, 0.2) is 10.9 Å². The molecule has 0 aliphatic carbocycles. The highest BCUT2D eigenvalue weighted by Gasteiger charge is 2.43. The summed E-state index contributed by atoms with van der Waals surface area (Å²) >= 11 is 10.6. The van der Waals surface area contributed by atoms with Gasteiger partial charge in [0.2, 0.25) is 0 Å². The number of hydrogen-bond donors (Lipinski definition) is 0. The summed E-state index contributed by atoms with van der Waals surface area (Å²) in [6.07, 6.45) is 0. The number of thiophene rings is 2. The Labute approximate surface area is 336 Å². The quantitative estimate of drug-likeness (QED) is 0.123. The van der Waals surface area contributed by atoms with Crippen molar-refractivity contribution in [1.29, 1.82) is 0 Å². The van der Waals surface area contributed by atoms with E-state index in [2.05, 4.69) is 152 Å². The van der Waals surface area contributed by atoms with Crippen LogP contribution >= 0.6 is 54.5 Å². The minimum Gasteiger partial charge on any atom is -0.289 e. The molecular formula is C44H50Br2O2S2Si2. The molecule has 0 atom stereocenters. The van der Waals surface area contributed by atoms with Crippen LogP contribution in [0.15, 0.2) is 29.3 Å². The maximum absolute atomic E-state index is 14.8. The molecule has 2 aromatic heterocycles. The summed E-state index contributed by atoms with van der Waals surface area (Å²) in [4.78, 5) is 29.6. The number of halogens is 2. The fraction of sp³-hybridized carbons (Fsp3) is 0.455. The van der Waals surface area contributed by atoms with E-state index < -0.39 is 16.1 Å². The zero-order valence-electron chi connectivity index (χ0n) is 33.0. The second kappa shape index (κ2) is 13.9. The van der Waals surface area contributed by atoms with E-state index in [-0.39, 0.29) is 10.9 Å². The summed E-state index contributed by atoms with van der Waals surface area (Å²) in [5, 5.41) is 6.40. The van der Waals surface area contributed by atoms with Crippen molar-refractivity contribution in [3.8, 4) is 22.9 Å². The van der Waals surface area contributed by atoms with Gasteiger partial charge >= 0.3 is 0 Å². The van der Waals surface area contributed by atoms with Gasteiger partial charge in [-0.3, -0.25) is 9.59 Å². The van der Waals surface area contributed by atoms with E-state index in [0.29, 0.717) is 44.0 Å². The topological polar surface area (TPSA) is 34.1 Å². The largest absolute Gasteiger partial charge is 0.289 e. The summed E-state index contributed by atoms with van der Waals surface area (Å²) in [5.74, 6) is 7.75. The van der Waals surface area contributed by atoms with Crippen LogP contribution in [-0.2, 0) is 0 Å². The second-order valence-corrected chi connectivity index (χ2v) is 32.8. The van der Waals surface area contributed by atoms with Gasteiger partial charge in [-0.15, -0.1) is 33.8 Å². The van der Waals surface area contributed by atoms with Crippen LogP contribution in [0, 0.1) is 36.8 Å². The van der Waals surface area contributed by atoms with Crippen LogP contribution in [0.3, 0.4) is 0 Å². The average molecular weight is 891 g/mol. The second-order valence-electron chi connectivity index (χ2n) is 16.8. The van der Waals surface area contributed by atoms with Crippen LogP contribution in [0.2, 0.25) is 33.2 Å². The Morgan fingerprint density at radius 3 is 1.06 bits per heavy atom. The predicted molar refractivity (Wildman–Crippen MR) is 245 cm³/mol. The monoisotopic (exact) mass is 888 g/mol. The number of benzene rings is 2. The lowest BCUT2D eigenvalue weighted by Crippen LogP contribution is -2.43. The van der Waals surface area contributed by atoms with Crippen molar-refractivity contribution in [2.75, 3.05) is 0 Å². The average Bonchev–Trinajstić information content (AvgIpc) is 3.75. The molecule has 0 amide bonds. The molecule has 8 heteroatoms. The lowest BCUT2D eigenvalue weighted by molar-refractivity contribution is 0.838. The molecule has 0 spiro atoms. The first kappa shape index (κ1) is 39.6. The molecule has 4 aromatic carbocycles. The van der Waals surface area contributed by atoms with Gasteiger partial charge < -0.3 is 0 Å². The van der Waals surface area contributed by atoms with Crippen LogP contribution < -0.4 is 10.9 Å². The smallest absolute Gasteiger partial charge is 0.195 e. The van der Waals surface area contributed by atoms with Gasteiger partial charge in [-0.25, -0.2) is 0 Å². The number of aryl methyl sites for hydroxylation is 2. The normalized spacial score (nSPS) is 13.1. The number of fused-ring (bicyclic) bond motifs is 9. The molecule has 6 aromatic rings. The standard InChI is InChI=1S/C44H50Br2O2S2Si2/c1-21(2)51(22(3)4,23(5)6)17-15-29-27(13)35-40(42(48)32-20-33(45)49-43(32)35)38-30(16-18-52(24(7)8,25(9)10)26(11)12)28(14)36-39(37(29)38)41(47)31-19-34(46)50-44(31)36/h19-26H,1-14H3. The van der Waals surface area contributed by atoms with Gasteiger partial charge in [-0.2, -0.15) is 0 Å². The Morgan fingerprint density at radius 2 is 0.788 bits per heavy atom. The highest BCUT2D eigenvalue weighted by Crippen LogP contribution is 2.48. The Kier molecular flexibility index (Phi) is 10.6. The van der Waals surface area contributed by atoms with Crippen molar-refractivity contribution < 1.29 is 0 Å². The van der Waals surface area contributed by atoms with Gasteiger partial charge in [0, 0.05) is 63.6 Å². The molecule has 0 aliphatic heterocycles. The third-order valence-corrected chi connectivity index (χ3v) is 28.5. The minimum absolute atomic E-state index is 0.0141. The van der Waals surface area contributed by atoms with Gasteiger partial charge in [-0.1, -0.05) is 94.9 Å². The van der Waals surface area contributed by atoms with Crippen LogP contribution in [0.4, 0.5) is 0 Å². The highest BCUT2D eigenvalue weighted by atomic mass is 79.9. The fourth-order valence-electron chi connectivity index (χ4n) is 10.2. The molecule has 2 nitrogen and oxygen atoms in total. The molecular weight excluding hydrogens is 841 g/mol. The maximum atomic E-state index is 14.8. The summed E-state index contributed by atoms with van der Waals surface area (Å²) in [6, 6.07) is 3.93. The van der Waals surface area contributed by atoms with E-state index in [1.165, 1.54) is 0 Å². The number of hydrogen-bond acceptors (Lipinski definition) is 4. The zero-order valence-corrected chi connectivity index (χ0v) is 39.8. The summed E-state index contributed by atoms with van der Waals surface area (Å²) in [6.45, 7) is 32.3. The molecule has 0 saturated heterocycles. The Hall–Kier alpha value is -2.05. The fourth-order valence-corrected chi connectivity index (χ4v) is 24.1. The van der Waals surface area contributed by atoms with Crippen molar-refractivity contribution >= 4 is 123 Å². The van der Waals surface area contributed by atoms with Gasteiger partial charge in [-0.05, 0) is 102 Å². The van der Waals surface area contributed by atoms with E-state index in [0.717, 1.165) is 71.5 Å². The zero-order chi connectivity index (χ0) is 38.5. The first-order chi connectivity index (χ1) is 24.2. The molecule has 0 saturated carbocycles. The van der Waals surface area contributed by atoms with Crippen LogP contribution in [0.25, 0.3) is 52.5 Å². The first-order valence-electron chi connectivity index (χ1n) is 18.7. The molecule has 6 rings (SSSR count). The van der Waals surface area contributed by atoms with E-state index in [4.69, 9.17) is 0 Å². The molecule has 0 radical (unpaired) electrons. The lowest BCUT2D eigenvalue weighted by Gasteiger charge is -2.38. The van der Waals surface area contributed by atoms with Crippen molar-refractivity contribution in [1.82, 2.24) is 0 Å².